The molecule has 1 aliphatic heterocycles. The third-order valence-electron chi connectivity index (χ3n) is 3.75. The summed E-state index contributed by atoms with van der Waals surface area (Å²) in [7, 11) is 0. The normalized spacial score (nSPS) is 13.2. The molecule has 2 aromatic rings. The Morgan fingerprint density at radius 2 is 1.89 bits per heavy atom. The van der Waals surface area contributed by atoms with Gasteiger partial charge in [-0.2, -0.15) is 0 Å². The Kier molecular flexibility index (Phi) is 5.98. The minimum absolute atomic E-state index is 0.206. The second-order valence-electron chi connectivity index (χ2n) is 5.78. The first-order chi connectivity index (χ1) is 13.0. The number of carbonyl (C=O) groups excluding carboxylic acids is 1. The molecule has 0 spiro atoms. The van der Waals surface area contributed by atoms with Crippen LogP contribution in [-0.4, -0.2) is 36.7 Å². The predicted octanol–water partition coefficient (Wildman–Crippen LogP) is 3.86. The van der Waals surface area contributed by atoms with Crippen molar-refractivity contribution in [2.75, 3.05) is 19.8 Å². The van der Waals surface area contributed by atoms with Gasteiger partial charge in [-0.1, -0.05) is 17.7 Å². The largest absolute Gasteiger partial charge is 0.489 e. The molecule has 0 bridgehead atoms. The van der Waals surface area contributed by atoms with E-state index in [1.165, 1.54) is 6.08 Å². The fourth-order valence-electron chi connectivity index (χ4n) is 2.48. The van der Waals surface area contributed by atoms with Crippen molar-refractivity contribution in [2.24, 2.45) is 0 Å². The molecule has 140 valence electrons. The van der Waals surface area contributed by atoms with E-state index in [1.54, 1.807) is 42.5 Å². The van der Waals surface area contributed by atoms with Gasteiger partial charge in [-0.3, -0.25) is 4.79 Å². The summed E-state index contributed by atoms with van der Waals surface area (Å²) in [6.07, 6.45) is 3.86. The summed E-state index contributed by atoms with van der Waals surface area (Å²) in [4.78, 5) is 22.8. The van der Waals surface area contributed by atoms with Crippen molar-refractivity contribution >= 4 is 29.4 Å². The van der Waals surface area contributed by atoms with Crippen LogP contribution in [-0.2, 0) is 4.79 Å². The number of aliphatic carboxylic acids is 1. The molecule has 0 atom stereocenters. The number of allylic oxidation sites excluding steroid dienone is 1. The van der Waals surface area contributed by atoms with E-state index in [2.05, 4.69) is 0 Å². The molecule has 1 N–H and O–H groups in total. The second-order valence-corrected chi connectivity index (χ2v) is 6.19. The number of hydrogen-bond donors (Lipinski definition) is 1. The lowest BCUT2D eigenvalue weighted by Gasteiger charge is -2.09. The van der Waals surface area contributed by atoms with E-state index < -0.39 is 12.6 Å². The van der Waals surface area contributed by atoms with Crippen LogP contribution < -0.4 is 14.2 Å². The summed E-state index contributed by atoms with van der Waals surface area (Å²) in [5.74, 6) is 0.198. The molecule has 6 nitrogen and oxygen atoms in total. The third-order valence-corrected chi connectivity index (χ3v) is 4.03. The van der Waals surface area contributed by atoms with Crippen LogP contribution in [0.1, 0.15) is 22.3 Å². The highest BCUT2D eigenvalue weighted by Gasteiger charge is 2.15. The minimum atomic E-state index is -1.06. The summed E-state index contributed by atoms with van der Waals surface area (Å²) >= 11 is 6.24. The summed E-state index contributed by atoms with van der Waals surface area (Å²) in [6.45, 7) is 0.663. The first-order valence-electron chi connectivity index (χ1n) is 8.29. The molecule has 0 saturated heterocycles. The zero-order valence-corrected chi connectivity index (χ0v) is 15.1. The van der Waals surface area contributed by atoms with Gasteiger partial charge in [-0.25, -0.2) is 4.79 Å². The highest BCUT2D eigenvalue weighted by molar-refractivity contribution is 6.32. The van der Waals surface area contributed by atoms with E-state index in [9.17, 15) is 9.59 Å². The number of ketones is 1. The first kappa shape index (κ1) is 18.8. The van der Waals surface area contributed by atoms with E-state index >= 15 is 0 Å². The highest BCUT2D eigenvalue weighted by atomic mass is 35.5. The Labute approximate surface area is 160 Å². The molecular weight excluding hydrogens is 372 g/mol. The number of halogens is 1. The van der Waals surface area contributed by atoms with Gasteiger partial charge in [0.25, 0.3) is 0 Å². The molecule has 0 fully saturated rings. The van der Waals surface area contributed by atoms with Crippen LogP contribution in [0.3, 0.4) is 0 Å². The smallest absolute Gasteiger partial charge is 0.341 e. The van der Waals surface area contributed by atoms with Gasteiger partial charge in [0.1, 0.15) is 5.75 Å². The van der Waals surface area contributed by atoms with Gasteiger partial charge in [0, 0.05) is 12.0 Å². The van der Waals surface area contributed by atoms with Gasteiger partial charge in [-0.15, -0.1) is 0 Å². The van der Waals surface area contributed by atoms with Crippen LogP contribution in [0.5, 0.6) is 17.2 Å². The van der Waals surface area contributed by atoms with Crippen molar-refractivity contribution in [3.05, 3.63) is 58.6 Å². The lowest BCUT2D eigenvalue weighted by atomic mass is 10.1. The van der Waals surface area contributed by atoms with Crippen LogP contribution in [0.25, 0.3) is 6.08 Å². The van der Waals surface area contributed by atoms with Crippen LogP contribution >= 0.6 is 11.6 Å². The summed E-state index contributed by atoms with van der Waals surface area (Å²) < 4.78 is 16.2. The predicted molar refractivity (Wildman–Crippen MR) is 100.0 cm³/mol. The highest BCUT2D eigenvalue weighted by Crippen LogP contribution is 2.38. The zero-order valence-electron chi connectivity index (χ0n) is 14.3. The van der Waals surface area contributed by atoms with Crippen molar-refractivity contribution < 1.29 is 28.9 Å². The monoisotopic (exact) mass is 388 g/mol. The number of ether oxygens (including phenoxy) is 3. The fourth-order valence-corrected chi connectivity index (χ4v) is 2.75. The van der Waals surface area contributed by atoms with Gasteiger partial charge >= 0.3 is 5.97 Å². The van der Waals surface area contributed by atoms with Crippen molar-refractivity contribution in [2.45, 2.75) is 6.42 Å². The number of rotatable bonds is 6. The lowest BCUT2D eigenvalue weighted by Crippen LogP contribution is -2.09. The second kappa shape index (κ2) is 8.60. The minimum Gasteiger partial charge on any atom is -0.489 e. The number of carboxylic acid groups (broad SMARTS) is 1. The van der Waals surface area contributed by atoms with Crippen molar-refractivity contribution in [3.63, 3.8) is 0 Å². The number of carbonyl (C=O) groups is 2. The van der Waals surface area contributed by atoms with Gasteiger partial charge < -0.3 is 19.3 Å². The summed E-state index contributed by atoms with van der Waals surface area (Å²) in [6, 6.07) is 9.74. The molecule has 2 aromatic carbocycles. The molecule has 0 saturated carbocycles. The van der Waals surface area contributed by atoms with E-state index in [-0.39, 0.29) is 5.78 Å². The number of carboxylic acids is 1. The van der Waals surface area contributed by atoms with E-state index in [1.807, 2.05) is 0 Å². The third kappa shape index (κ3) is 5.01. The van der Waals surface area contributed by atoms with Gasteiger partial charge in [0.15, 0.2) is 23.9 Å². The van der Waals surface area contributed by atoms with Crippen LogP contribution in [0.4, 0.5) is 0 Å². The number of hydrogen-bond acceptors (Lipinski definition) is 5. The molecule has 0 amide bonds. The summed E-state index contributed by atoms with van der Waals surface area (Å²) in [5, 5.41) is 9.02. The van der Waals surface area contributed by atoms with Gasteiger partial charge in [-0.05, 0) is 48.0 Å². The van der Waals surface area contributed by atoms with Crippen molar-refractivity contribution in [1.29, 1.82) is 0 Å². The topological polar surface area (TPSA) is 82.1 Å². The van der Waals surface area contributed by atoms with Crippen LogP contribution in [0.15, 0.2) is 42.5 Å². The molecular formula is C20H17ClO6. The van der Waals surface area contributed by atoms with E-state index in [4.69, 9.17) is 30.9 Å². The Bertz CT molecular complexity index is 873. The molecule has 27 heavy (non-hydrogen) atoms. The Hall–Kier alpha value is -2.99. The number of fused-ring (bicyclic) bond motifs is 1. The van der Waals surface area contributed by atoms with Gasteiger partial charge in [0.2, 0.25) is 0 Å². The molecule has 0 aromatic heterocycles. The molecule has 0 unspecified atom stereocenters. The molecule has 0 radical (unpaired) electrons. The maximum absolute atomic E-state index is 12.3. The summed E-state index contributed by atoms with van der Waals surface area (Å²) in [5.41, 5.74) is 1.17. The van der Waals surface area contributed by atoms with E-state index in [0.29, 0.717) is 41.0 Å². The van der Waals surface area contributed by atoms with Crippen LogP contribution in [0, 0.1) is 0 Å². The number of benzene rings is 2. The average molecular weight is 389 g/mol. The lowest BCUT2D eigenvalue weighted by molar-refractivity contribution is -0.139. The maximum Gasteiger partial charge on any atom is 0.341 e. The Balaban J connectivity index is 1.70. The molecule has 3 rings (SSSR count). The SMILES string of the molecule is O=C(O)COc1ccc(C(=O)/C=C/c2cc(Cl)c3c(c2)OCCCO3)cc1. The van der Waals surface area contributed by atoms with E-state index in [0.717, 1.165) is 12.0 Å². The maximum atomic E-state index is 12.3. The zero-order chi connectivity index (χ0) is 19.2. The van der Waals surface area contributed by atoms with Crippen molar-refractivity contribution in [1.82, 2.24) is 0 Å². The van der Waals surface area contributed by atoms with Gasteiger partial charge in [0.05, 0.1) is 18.2 Å². The fraction of sp³-hybridized carbons (Fsp3) is 0.200. The van der Waals surface area contributed by atoms with Crippen LogP contribution in [0.2, 0.25) is 5.02 Å². The molecule has 7 heteroatoms. The Morgan fingerprint density at radius 3 is 2.63 bits per heavy atom. The van der Waals surface area contributed by atoms with Crippen molar-refractivity contribution in [3.8, 4) is 17.2 Å². The molecule has 1 heterocycles. The molecule has 1 aliphatic rings. The quantitative estimate of drug-likeness (QED) is 0.597. The first-order valence-corrected chi connectivity index (χ1v) is 8.67. The standard InChI is InChI=1S/C20H17ClO6/c21-16-10-13(11-18-20(16)26-9-1-8-25-18)2-7-17(22)14-3-5-15(6-4-14)27-12-19(23)24/h2-7,10-11H,1,8-9,12H2,(H,23,24)/b7-2+. The molecule has 0 aliphatic carbocycles. The Morgan fingerprint density at radius 1 is 1.15 bits per heavy atom. The average Bonchev–Trinajstić information content (AvgIpc) is 2.91.